The van der Waals surface area contributed by atoms with Crippen molar-refractivity contribution in [1.29, 1.82) is 0 Å². The van der Waals surface area contributed by atoms with Crippen LogP contribution in [0, 0.1) is 5.82 Å². The molecule has 0 saturated carbocycles. The molecule has 3 N–H and O–H groups in total. The van der Waals surface area contributed by atoms with Gasteiger partial charge in [-0.3, -0.25) is 11.3 Å². The summed E-state index contributed by atoms with van der Waals surface area (Å²) < 4.78 is 19.9. The van der Waals surface area contributed by atoms with Crippen molar-refractivity contribution < 1.29 is 9.13 Å². The van der Waals surface area contributed by atoms with Gasteiger partial charge in [0.1, 0.15) is 5.82 Å². The molecule has 0 aliphatic rings. The summed E-state index contributed by atoms with van der Waals surface area (Å²) in [6, 6.07) is 2.98. The summed E-state index contributed by atoms with van der Waals surface area (Å²) in [6.07, 6.45) is 0.523. The predicted octanol–water partition coefficient (Wildman–Crippen LogP) is 3.56. The van der Waals surface area contributed by atoms with Gasteiger partial charge in [-0.2, -0.15) is 0 Å². The third kappa shape index (κ3) is 3.65. The molecule has 0 radical (unpaired) electrons. The predicted molar refractivity (Wildman–Crippen MR) is 74.9 cm³/mol. The molecule has 3 nitrogen and oxygen atoms in total. The lowest BCUT2D eigenvalue weighted by Crippen LogP contribution is -2.35. The third-order valence-corrected chi connectivity index (χ3v) is 4.15. The quantitative estimate of drug-likeness (QED) is 0.490. The van der Waals surface area contributed by atoms with Gasteiger partial charge in [-0.25, -0.2) is 4.39 Å². The first kappa shape index (κ1) is 15.9. The molecule has 0 spiro atoms. The number of halogens is 3. The molecule has 0 aliphatic heterocycles. The highest BCUT2D eigenvalue weighted by atomic mass is 79.9. The summed E-state index contributed by atoms with van der Waals surface area (Å²) in [6.45, 7) is 3.82. The third-order valence-electron chi connectivity index (χ3n) is 2.89. The van der Waals surface area contributed by atoms with E-state index in [2.05, 4.69) is 21.4 Å². The van der Waals surface area contributed by atoms with Gasteiger partial charge >= 0.3 is 0 Å². The Hall–Kier alpha value is -0.200. The Kier molecular flexibility index (Phi) is 5.55. The van der Waals surface area contributed by atoms with Gasteiger partial charge in [-0.15, -0.1) is 0 Å². The van der Waals surface area contributed by atoms with Crippen LogP contribution in [-0.4, -0.2) is 12.7 Å². The van der Waals surface area contributed by atoms with Gasteiger partial charge in [0, 0.05) is 17.1 Å². The summed E-state index contributed by atoms with van der Waals surface area (Å²) >= 11 is 9.05. The topological polar surface area (TPSA) is 47.3 Å². The average Bonchev–Trinajstić information content (AvgIpc) is 2.34. The van der Waals surface area contributed by atoms with Gasteiger partial charge in [0.2, 0.25) is 0 Å². The van der Waals surface area contributed by atoms with E-state index >= 15 is 0 Å². The van der Waals surface area contributed by atoms with E-state index < -0.39 is 11.4 Å². The lowest BCUT2D eigenvalue weighted by Gasteiger charge is -2.28. The second-order valence-electron chi connectivity index (χ2n) is 4.65. The average molecular weight is 340 g/mol. The zero-order valence-corrected chi connectivity index (χ0v) is 12.9. The summed E-state index contributed by atoms with van der Waals surface area (Å²) in [4.78, 5) is 0. The highest BCUT2D eigenvalue weighted by Gasteiger charge is 2.26. The first-order valence-corrected chi connectivity index (χ1v) is 6.64. The fourth-order valence-corrected chi connectivity index (χ4v) is 2.12. The van der Waals surface area contributed by atoms with Gasteiger partial charge in [-0.05, 0) is 42.3 Å². The number of nitrogens with one attached hydrogen (secondary N) is 1. The number of rotatable bonds is 5. The van der Waals surface area contributed by atoms with Crippen molar-refractivity contribution in [3.63, 3.8) is 0 Å². The van der Waals surface area contributed by atoms with E-state index in [1.807, 2.05) is 13.8 Å². The van der Waals surface area contributed by atoms with Crippen LogP contribution in [-0.2, 0) is 4.74 Å². The first-order valence-electron chi connectivity index (χ1n) is 5.47. The summed E-state index contributed by atoms with van der Waals surface area (Å²) in [5.41, 5.74) is 2.62. The van der Waals surface area contributed by atoms with E-state index in [4.69, 9.17) is 22.2 Å². The van der Waals surface area contributed by atoms with Crippen molar-refractivity contribution in [3.8, 4) is 0 Å². The van der Waals surface area contributed by atoms with E-state index in [1.54, 1.807) is 19.2 Å². The number of methoxy groups -OCH3 is 1. The fraction of sp³-hybridized carbons (Fsp3) is 0.500. The van der Waals surface area contributed by atoms with Gasteiger partial charge in [0.25, 0.3) is 0 Å². The van der Waals surface area contributed by atoms with Crippen LogP contribution in [0.3, 0.4) is 0 Å². The van der Waals surface area contributed by atoms with Gasteiger partial charge < -0.3 is 4.74 Å². The standard InChI is InChI=1S/C12H17BrClFN2O/c1-12(2,18-3)6-9(17-16)7-4-5-8(13)10(14)11(7)15/h4-5,9,17H,6,16H2,1-3H3. The molecular weight excluding hydrogens is 322 g/mol. The second kappa shape index (κ2) is 6.30. The molecule has 0 saturated heterocycles. The zero-order valence-electron chi connectivity index (χ0n) is 10.6. The van der Waals surface area contributed by atoms with E-state index in [1.165, 1.54) is 0 Å². The smallest absolute Gasteiger partial charge is 0.147 e. The molecule has 6 heteroatoms. The Morgan fingerprint density at radius 1 is 1.56 bits per heavy atom. The highest BCUT2D eigenvalue weighted by molar-refractivity contribution is 9.10. The number of hydrogen-bond acceptors (Lipinski definition) is 3. The lowest BCUT2D eigenvalue weighted by molar-refractivity contribution is 0.00655. The van der Waals surface area contributed by atoms with Crippen molar-refractivity contribution in [3.05, 3.63) is 33.0 Å². The molecule has 1 aromatic rings. The van der Waals surface area contributed by atoms with Crippen molar-refractivity contribution in [2.75, 3.05) is 7.11 Å². The molecule has 0 heterocycles. The molecule has 1 unspecified atom stereocenters. The van der Waals surface area contributed by atoms with Crippen molar-refractivity contribution in [1.82, 2.24) is 5.43 Å². The van der Waals surface area contributed by atoms with Crippen LogP contribution in [0.2, 0.25) is 5.02 Å². The molecule has 1 rings (SSSR count). The minimum atomic E-state index is -0.471. The molecule has 1 atom stereocenters. The maximum Gasteiger partial charge on any atom is 0.147 e. The number of benzene rings is 1. The minimum absolute atomic E-state index is 0.0583. The van der Waals surface area contributed by atoms with E-state index in [-0.39, 0.29) is 11.1 Å². The Bertz CT molecular complexity index is 429. The van der Waals surface area contributed by atoms with Crippen LogP contribution in [0.25, 0.3) is 0 Å². The van der Waals surface area contributed by atoms with Crippen molar-refractivity contribution >= 4 is 27.5 Å². The second-order valence-corrected chi connectivity index (χ2v) is 5.88. The van der Waals surface area contributed by atoms with E-state index in [0.29, 0.717) is 16.5 Å². The molecule has 18 heavy (non-hydrogen) atoms. The maximum absolute atomic E-state index is 14.1. The molecule has 0 aromatic heterocycles. The van der Waals surface area contributed by atoms with Crippen LogP contribution < -0.4 is 11.3 Å². The van der Waals surface area contributed by atoms with Crippen molar-refractivity contribution in [2.45, 2.75) is 31.9 Å². The summed E-state index contributed by atoms with van der Waals surface area (Å²) in [7, 11) is 1.61. The Balaban J connectivity index is 3.07. The molecule has 0 amide bonds. The Morgan fingerprint density at radius 3 is 2.67 bits per heavy atom. The largest absolute Gasteiger partial charge is 0.379 e. The SMILES string of the molecule is COC(C)(C)CC(NN)c1ccc(Br)c(Cl)c1F. The Morgan fingerprint density at radius 2 is 2.17 bits per heavy atom. The van der Waals surface area contributed by atoms with Crippen molar-refractivity contribution in [2.24, 2.45) is 5.84 Å². The number of hydrogen-bond donors (Lipinski definition) is 2. The van der Waals surface area contributed by atoms with Crippen LogP contribution >= 0.6 is 27.5 Å². The summed E-state index contributed by atoms with van der Waals surface area (Å²) in [5, 5.41) is 0.0583. The number of nitrogens with two attached hydrogens (primary N) is 1. The van der Waals surface area contributed by atoms with Crippen LogP contribution in [0.4, 0.5) is 4.39 Å². The highest BCUT2D eigenvalue weighted by Crippen LogP contribution is 2.33. The van der Waals surface area contributed by atoms with E-state index in [0.717, 1.165) is 0 Å². The molecule has 0 bridgehead atoms. The molecule has 0 aliphatic carbocycles. The fourth-order valence-electron chi connectivity index (χ4n) is 1.64. The minimum Gasteiger partial charge on any atom is -0.379 e. The van der Waals surface area contributed by atoms with Gasteiger partial charge in [0.05, 0.1) is 16.7 Å². The maximum atomic E-state index is 14.1. The van der Waals surface area contributed by atoms with Crippen LogP contribution in [0.15, 0.2) is 16.6 Å². The normalized spacial score (nSPS) is 13.7. The van der Waals surface area contributed by atoms with Gasteiger partial charge in [-0.1, -0.05) is 17.7 Å². The van der Waals surface area contributed by atoms with E-state index in [9.17, 15) is 4.39 Å². The number of ether oxygens (including phenoxy) is 1. The van der Waals surface area contributed by atoms with Gasteiger partial charge in [0.15, 0.2) is 0 Å². The molecule has 102 valence electrons. The molecular formula is C12H17BrClFN2O. The monoisotopic (exact) mass is 338 g/mol. The first-order chi connectivity index (χ1) is 8.32. The molecule has 1 aromatic carbocycles. The van der Waals surface area contributed by atoms with Crippen LogP contribution in [0.5, 0.6) is 0 Å². The molecule has 0 fully saturated rings. The Labute approximate surface area is 120 Å². The van der Waals surface area contributed by atoms with Crippen LogP contribution in [0.1, 0.15) is 31.9 Å². The summed E-state index contributed by atoms with van der Waals surface area (Å²) in [5.74, 6) is 5.03. The zero-order chi connectivity index (χ0) is 13.9. The number of hydrazine groups is 1. The lowest BCUT2D eigenvalue weighted by atomic mass is 9.94.